The zero-order valence-electron chi connectivity index (χ0n) is 18.4. The van der Waals surface area contributed by atoms with Gasteiger partial charge in [-0.3, -0.25) is 4.79 Å². The Hall–Kier alpha value is -2.98. The van der Waals surface area contributed by atoms with E-state index in [4.69, 9.17) is 21.1 Å². The van der Waals surface area contributed by atoms with Gasteiger partial charge in [0.25, 0.3) is 0 Å². The highest BCUT2D eigenvalue weighted by atomic mass is 35.5. The molecule has 3 atom stereocenters. The van der Waals surface area contributed by atoms with Crippen LogP contribution in [0.15, 0.2) is 42.5 Å². The number of urea groups is 1. The molecule has 0 aromatic heterocycles. The maximum absolute atomic E-state index is 14.1. The Bertz CT molecular complexity index is 1050. The Labute approximate surface area is 199 Å². The number of aliphatic hydroxyl groups is 1. The number of carbonyl (C=O) groups excluding carboxylic acids is 2. The minimum atomic E-state index is -5.36. The van der Waals surface area contributed by atoms with Gasteiger partial charge in [-0.05, 0) is 55.3 Å². The van der Waals surface area contributed by atoms with Crippen LogP contribution >= 0.6 is 11.6 Å². The van der Waals surface area contributed by atoms with Gasteiger partial charge < -0.3 is 25.2 Å². The van der Waals surface area contributed by atoms with Crippen LogP contribution < -0.4 is 20.1 Å². The molecule has 1 heterocycles. The van der Waals surface area contributed by atoms with Crippen molar-refractivity contribution in [3.8, 4) is 11.5 Å². The van der Waals surface area contributed by atoms with E-state index in [0.717, 1.165) is 0 Å². The Balaban J connectivity index is 2.14. The van der Waals surface area contributed by atoms with Crippen LogP contribution in [-0.2, 0) is 0 Å². The summed E-state index contributed by atoms with van der Waals surface area (Å²) in [7, 11) is 0. The Morgan fingerprint density at radius 2 is 1.79 bits per heavy atom. The van der Waals surface area contributed by atoms with E-state index in [9.17, 15) is 27.9 Å². The van der Waals surface area contributed by atoms with Crippen molar-refractivity contribution in [1.29, 1.82) is 0 Å². The number of Topliss-reactive ketones (excluding diaryl/α,β-unsaturated/α-hetero) is 1. The zero-order valence-corrected chi connectivity index (χ0v) is 19.2. The van der Waals surface area contributed by atoms with Crippen molar-refractivity contribution in [2.45, 2.75) is 38.2 Å². The number of halogens is 4. The summed E-state index contributed by atoms with van der Waals surface area (Å²) in [4.78, 5) is 25.5. The van der Waals surface area contributed by atoms with Crippen molar-refractivity contribution >= 4 is 23.4 Å². The number of alkyl halides is 3. The molecule has 2 aromatic carbocycles. The number of nitrogens with one attached hydrogen (secondary N) is 2. The minimum absolute atomic E-state index is 0.118. The second-order valence-electron chi connectivity index (χ2n) is 7.68. The van der Waals surface area contributed by atoms with E-state index in [1.54, 1.807) is 6.92 Å². The van der Waals surface area contributed by atoms with Crippen LogP contribution in [0.1, 0.15) is 42.2 Å². The largest absolute Gasteiger partial charge is 0.490 e. The van der Waals surface area contributed by atoms with E-state index in [-0.39, 0.29) is 28.5 Å². The highest BCUT2D eigenvalue weighted by Gasteiger charge is 2.66. The van der Waals surface area contributed by atoms with Gasteiger partial charge >= 0.3 is 12.2 Å². The van der Waals surface area contributed by atoms with Crippen LogP contribution in [0.3, 0.4) is 0 Å². The van der Waals surface area contributed by atoms with Gasteiger partial charge in [0, 0.05) is 10.6 Å². The molecule has 0 bridgehead atoms. The maximum atomic E-state index is 14.1. The van der Waals surface area contributed by atoms with Crippen LogP contribution in [0.4, 0.5) is 18.0 Å². The summed E-state index contributed by atoms with van der Waals surface area (Å²) in [5.41, 5.74) is -3.83. The fourth-order valence-corrected chi connectivity index (χ4v) is 3.85. The molecule has 0 aliphatic carbocycles. The number of rotatable bonds is 8. The molecule has 11 heteroatoms. The van der Waals surface area contributed by atoms with Gasteiger partial charge in [-0.15, -0.1) is 0 Å². The van der Waals surface area contributed by atoms with E-state index in [1.165, 1.54) is 47.8 Å². The lowest BCUT2D eigenvalue weighted by molar-refractivity contribution is -0.287. The third-order valence-electron chi connectivity index (χ3n) is 5.31. The monoisotopic (exact) mass is 500 g/mol. The van der Waals surface area contributed by atoms with Crippen LogP contribution in [0.5, 0.6) is 11.5 Å². The zero-order chi connectivity index (χ0) is 25.1. The number of hydrogen-bond donors (Lipinski definition) is 3. The third-order valence-corrected chi connectivity index (χ3v) is 5.56. The predicted molar refractivity (Wildman–Crippen MR) is 118 cm³/mol. The quantitative estimate of drug-likeness (QED) is 0.459. The van der Waals surface area contributed by atoms with Crippen molar-refractivity contribution in [1.82, 2.24) is 10.6 Å². The van der Waals surface area contributed by atoms with Gasteiger partial charge in [0.15, 0.2) is 17.3 Å². The highest BCUT2D eigenvalue weighted by molar-refractivity contribution is 6.30. The van der Waals surface area contributed by atoms with E-state index in [2.05, 4.69) is 5.32 Å². The molecular weight excluding hydrogens is 477 g/mol. The first-order valence-electron chi connectivity index (χ1n) is 10.6. The molecule has 7 nitrogen and oxygen atoms in total. The molecule has 3 rings (SSSR count). The van der Waals surface area contributed by atoms with E-state index >= 15 is 0 Å². The molecular formula is C23H24ClF3N2O5. The first kappa shape index (κ1) is 25.6. The van der Waals surface area contributed by atoms with Crippen molar-refractivity contribution in [3.05, 3.63) is 58.6 Å². The van der Waals surface area contributed by atoms with Crippen molar-refractivity contribution in [3.63, 3.8) is 0 Å². The smallest absolute Gasteiger partial charge is 0.437 e. The molecule has 184 valence electrons. The summed E-state index contributed by atoms with van der Waals surface area (Å²) in [5.74, 6) is -2.62. The molecule has 3 N–H and O–H groups in total. The van der Waals surface area contributed by atoms with E-state index in [1.807, 2.05) is 6.92 Å². The fourth-order valence-electron chi connectivity index (χ4n) is 3.73. The summed E-state index contributed by atoms with van der Waals surface area (Å²) in [6.07, 6.45) is -4.64. The van der Waals surface area contributed by atoms with E-state index in [0.29, 0.717) is 18.8 Å². The number of ether oxygens (including phenoxy) is 2. The van der Waals surface area contributed by atoms with Gasteiger partial charge in [0.1, 0.15) is 5.92 Å². The number of amides is 2. The summed E-state index contributed by atoms with van der Waals surface area (Å²) in [6, 6.07) is 6.67. The first-order chi connectivity index (χ1) is 16.0. The average molecular weight is 501 g/mol. The average Bonchev–Trinajstić information content (AvgIpc) is 2.77. The lowest BCUT2D eigenvalue weighted by Gasteiger charge is -2.45. The lowest BCUT2D eigenvalue weighted by atomic mass is 9.77. The number of carbonyl (C=O) groups is 2. The lowest BCUT2D eigenvalue weighted by Crippen LogP contribution is -2.72. The van der Waals surface area contributed by atoms with Gasteiger partial charge in [0.05, 0.1) is 19.3 Å². The summed E-state index contributed by atoms with van der Waals surface area (Å²) in [6.45, 7) is 4.25. The highest BCUT2D eigenvalue weighted by Crippen LogP contribution is 2.45. The SMILES string of the molecule is CCCOc1ccc([C@@H]2NC(=O)N[C@@](O)(C(F)(F)F)[C@@H]2C(=O)c2ccc(Cl)cc2)cc1OCC. The summed E-state index contributed by atoms with van der Waals surface area (Å²) >= 11 is 5.84. The van der Waals surface area contributed by atoms with Gasteiger partial charge in [-0.25, -0.2) is 4.79 Å². The second kappa shape index (κ2) is 10.1. The van der Waals surface area contributed by atoms with Crippen LogP contribution in [0, 0.1) is 5.92 Å². The molecule has 1 saturated heterocycles. The molecule has 1 aliphatic rings. The molecule has 2 amide bonds. The molecule has 0 radical (unpaired) electrons. The minimum Gasteiger partial charge on any atom is -0.490 e. The standard InChI is InChI=1S/C23H24ClF3N2O5/c1-3-11-34-16-10-7-14(12-17(16)33-4-2)19-18(20(30)13-5-8-15(24)9-6-13)22(32,23(25,26)27)29-21(31)28-19/h5-10,12,18-19,32H,3-4,11H2,1-2H3,(H2,28,29,31)/t18-,19-,22-/m0/s1. The van der Waals surface area contributed by atoms with Crippen LogP contribution in [0.2, 0.25) is 5.02 Å². The number of benzene rings is 2. The number of hydrogen-bond acceptors (Lipinski definition) is 5. The first-order valence-corrected chi connectivity index (χ1v) is 11.0. The molecule has 0 spiro atoms. The molecule has 1 aliphatic heterocycles. The Morgan fingerprint density at radius 3 is 2.38 bits per heavy atom. The summed E-state index contributed by atoms with van der Waals surface area (Å²) in [5, 5.41) is 14.8. The van der Waals surface area contributed by atoms with Crippen LogP contribution in [0.25, 0.3) is 0 Å². The van der Waals surface area contributed by atoms with Gasteiger partial charge in [-0.1, -0.05) is 24.6 Å². The molecule has 0 unspecified atom stereocenters. The van der Waals surface area contributed by atoms with Crippen LogP contribution in [-0.4, -0.2) is 42.0 Å². The van der Waals surface area contributed by atoms with Crippen molar-refractivity contribution < 1.29 is 37.3 Å². The molecule has 34 heavy (non-hydrogen) atoms. The molecule has 1 fully saturated rings. The summed E-state index contributed by atoms with van der Waals surface area (Å²) < 4.78 is 53.4. The molecule has 2 aromatic rings. The predicted octanol–water partition coefficient (Wildman–Crippen LogP) is 4.63. The number of ketones is 1. The maximum Gasteiger partial charge on any atom is 0.437 e. The molecule has 0 saturated carbocycles. The second-order valence-corrected chi connectivity index (χ2v) is 8.11. The Morgan fingerprint density at radius 1 is 1.12 bits per heavy atom. The van der Waals surface area contributed by atoms with E-state index < -0.39 is 35.7 Å². The van der Waals surface area contributed by atoms with Gasteiger partial charge in [0.2, 0.25) is 5.72 Å². The topological polar surface area (TPSA) is 96.9 Å². The fraction of sp³-hybridized carbons (Fsp3) is 0.391. The third kappa shape index (κ3) is 5.07. The van der Waals surface area contributed by atoms with Crippen molar-refractivity contribution in [2.24, 2.45) is 5.92 Å². The normalized spacial score (nSPS) is 22.5. The van der Waals surface area contributed by atoms with Crippen molar-refractivity contribution in [2.75, 3.05) is 13.2 Å². The van der Waals surface area contributed by atoms with Gasteiger partial charge in [-0.2, -0.15) is 13.2 Å². The Kier molecular flexibility index (Phi) is 7.62.